The molecule has 0 saturated heterocycles. The lowest BCUT2D eigenvalue weighted by atomic mass is 10.2. The predicted molar refractivity (Wildman–Crippen MR) is 60.9 cm³/mol. The number of hydrogen-bond donors (Lipinski definition) is 3. The molecule has 1 unspecified atom stereocenters. The molecule has 1 amide bonds. The Bertz CT molecular complexity index is 298. The number of aromatic amines is 1. The number of carbonyl (C=O) groups excluding carboxylic acids is 1. The van der Waals surface area contributed by atoms with Gasteiger partial charge < -0.3 is 10.6 Å². The summed E-state index contributed by atoms with van der Waals surface area (Å²) in [5.41, 5.74) is 0. The zero-order valence-electron chi connectivity index (χ0n) is 9.79. The van der Waals surface area contributed by atoms with E-state index in [0.29, 0.717) is 19.4 Å². The van der Waals surface area contributed by atoms with Gasteiger partial charge in [-0.2, -0.15) is 5.10 Å². The van der Waals surface area contributed by atoms with Crippen molar-refractivity contribution in [1.82, 2.24) is 25.8 Å². The van der Waals surface area contributed by atoms with Crippen molar-refractivity contribution < 1.29 is 4.79 Å². The molecule has 90 valence electrons. The molecule has 16 heavy (non-hydrogen) atoms. The fourth-order valence-corrected chi connectivity index (χ4v) is 1.44. The summed E-state index contributed by atoms with van der Waals surface area (Å²) in [5, 5.41) is 12.5. The number of H-pyrrole nitrogens is 1. The normalized spacial score (nSPS) is 12.4. The molecule has 0 radical (unpaired) electrons. The van der Waals surface area contributed by atoms with E-state index in [1.807, 2.05) is 13.8 Å². The Hall–Kier alpha value is -1.43. The summed E-state index contributed by atoms with van der Waals surface area (Å²) < 4.78 is 0. The minimum Gasteiger partial charge on any atom is -0.356 e. The average molecular weight is 225 g/mol. The Kier molecular flexibility index (Phi) is 5.49. The van der Waals surface area contributed by atoms with E-state index in [9.17, 15) is 4.79 Å². The van der Waals surface area contributed by atoms with Crippen LogP contribution in [0.25, 0.3) is 0 Å². The van der Waals surface area contributed by atoms with E-state index in [-0.39, 0.29) is 11.9 Å². The number of carbonyl (C=O) groups is 1. The molecule has 1 rings (SSSR count). The van der Waals surface area contributed by atoms with Crippen molar-refractivity contribution in [2.45, 2.75) is 32.7 Å². The predicted octanol–water partition coefficient (Wildman–Crippen LogP) is -0.148. The third-order valence-corrected chi connectivity index (χ3v) is 2.19. The summed E-state index contributed by atoms with van der Waals surface area (Å²) in [6.07, 6.45) is 2.65. The second kappa shape index (κ2) is 6.95. The molecule has 1 aromatic heterocycles. The van der Waals surface area contributed by atoms with E-state index in [4.69, 9.17) is 0 Å². The number of nitrogens with zero attached hydrogens (tertiary/aromatic N) is 2. The molecule has 0 saturated carbocycles. The zero-order valence-corrected chi connectivity index (χ0v) is 9.79. The van der Waals surface area contributed by atoms with Gasteiger partial charge in [-0.15, -0.1) is 0 Å². The highest BCUT2D eigenvalue weighted by molar-refractivity contribution is 5.76. The molecule has 1 aromatic rings. The van der Waals surface area contributed by atoms with Gasteiger partial charge >= 0.3 is 0 Å². The van der Waals surface area contributed by atoms with E-state index < -0.39 is 0 Å². The summed E-state index contributed by atoms with van der Waals surface area (Å²) in [5.74, 6) is 0.855. The minimum absolute atomic E-state index is 0.0629. The van der Waals surface area contributed by atoms with Gasteiger partial charge in [-0.1, -0.05) is 6.92 Å². The van der Waals surface area contributed by atoms with Crippen LogP contribution in [0.4, 0.5) is 0 Å². The molecule has 3 N–H and O–H groups in total. The van der Waals surface area contributed by atoms with E-state index >= 15 is 0 Å². The highest BCUT2D eigenvalue weighted by Gasteiger charge is 2.07. The van der Waals surface area contributed by atoms with Crippen molar-refractivity contribution in [2.75, 3.05) is 13.1 Å². The van der Waals surface area contributed by atoms with Gasteiger partial charge in [-0.25, -0.2) is 4.98 Å². The first-order valence-corrected chi connectivity index (χ1v) is 5.56. The van der Waals surface area contributed by atoms with E-state index in [1.165, 1.54) is 6.33 Å². The molecule has 0 aromatic carbocycles. The highest BCUT2D eigenvalue weighted by Crippen LogP contribution is 1.91. The van der Waals surface area contributed by atoms with Gasteiger partial charge in [0.2, 0.25) is 5.91 Å². The summed E-state index contributed by atoms with van der Waals surface area (Å²) in [6.45, 7) is 5.50. The second-order valence-corrected chi connectivity index (χ2v) is 3.69. The lowest BCUT2D eigenvalue weighted by Gasteiger charge is -2.11. The summed E-state index contributed by atoms with van der Waals surface area (Å²) in [7, 11) is 0. The minimum atomic E-state index is 0.0629. The quantitative estimate of drug-likeness (QED) is 0.603. The van der Waals surface area contributed by atoms with E-state index in [2.05, 4.69) is 25.8 Å². The smallest absolute Gasteiger partial charge is 0.221 e. The van der Waals surface area contributed by atoms with Gasteiger partial charge in [0.15, 0.2) is 0 Å². The van der Waals surface area contributed by atoms with Crippen molar-refractivity contribution in [3.8, 4) is 0 Å². The van der Waals surface area contributed by atoms with Crippen LogP contribution in [0, 0.1) is 0 Å². The third kappa shape index (κ3) is 4.88. The number of amides is 1. The molecular formula is C10H19N5O. The first-order chi connectivity index (χ1) is 7.72. The number of rotatable bonds is 7. The van der Waals surface area contributed by atoms with Crippen LogP contribution in [-0.2, 0) is 11.2 Å². The SMILES string of the molecule is CCNC(C)CC(=O)NCCc1ncn[nH]1. The first kappa shape index (κ1) is 12.6. The maximum atomic E-state index is 11.5. The largest absolute Gasteiger partial charge is 0.356 e. The number of hydrogen-bond acceptors (Lipinski definition) is 4. The molecule has 0 spiro atoms. The van der Waals surface area contributed by atoms with Crippen molar-refractivity contribution in [2.24, 2.45) is 0 Å². The standard InChI is InChI=1S/C10H19N5O/c1-3-11-8(2)6-10(16)12-5-4-9-13-7-14-15-9/h7-8,11H,3-6H2,1-2H3,(H,12,16)(H,13,14,15). The van der Waals surface area contributed by atoms with Crippen molar-refractivity contribution >= 4 is 5.91 Å². The molecule has 0 aliphatic heterocycles. The van der Waals surface area contributed by atoms with E-state index in [1.54, 1.807) is 0 Å². The summed E-state index contributed by atoms with van der Waals surface area (Å²) in [4.78, 5) is 15.4. The highest BCUT2D eigenvalue weighted by atomic mass is 16.1. The van der Waals surface area contributed by atoms with Crippen LogP contribution in [-0.4, -0.2) is 40.2 Å². The molecule has 0 bridgehead atoms. The van der Waals surface area contributed by atoms with Gasteiger partial charge in [0.25, 0.3) is 0 Å². The van der Waals surface area contributed by atoms with E-state index in [0.717, 1.165) is 12.4 Å². The van der Waals surface area contributed by atoms with Crippen LogP contribution >= 0.6 is 0 Å². The lowest BCUT2D eigenvalue weighted by Crippen LogP contribution is -2.34. The van der Waals surface area contributed by atoms with Crippen LogP contribution in [0.3, 0.4) is 0 Å². The molecule has 6 nitrogen and oxygen atoms in total. The Morgan fingerprint density at radius 1 is 1.62 bits per heavy atom. The summed E-state index contributed by atoms with van der Waals surface area (Å²) >= 11 is 0. The molecule has 0 aliphatic carbocycles. The fourth-order valence-electron chi connectivity index (χ4n) is 1.44. The fraction of sp³-hybridized carbons (Fsp3) is 0.700. The molecule has 0 aliphatic rings. The van der Waals surface area contributed by atoms with Crippen LogP contribution in [0.15, 0.2) is 6.33 Å². The second-order valence-electron chi connectivity index (χ2n) is 3.69. The molecular weight excluding hydrogens is 206 g/mol. The van der Waals surface area contributed by atoms with Crippen LogP contribution in [0.1, 0.15) is 26.1 Å². The third-order valence-electron chi connectivity index (χ3n) is 2.19. The topological polar surface area (TPSA) is 82.7 Å². The molecule has 0 fully saturated rings. The number of aromatic nitrogens is 3. The summed E-state index contributed by atoms with van der Waals surface area (Å²) in [6, 6.07) is 0.218. The maximum Gasteiger partial charge on any atom is 0.221 e. The average Bonchev–Trinajstić information content (AvgIpc) is 2.70. The van der Waals surface area contributed by atoms with Crippen molar-refractivity contribution in [3.63, 3.8) is 0 Å². The Morgan fingerprint density at radius 3 is 3.06 bits per heavy atom. The van der Waals surface area contributed by atoms with Crippen LogP contribution in [0.5, 0.6) is 0 Å². The Balaban J connectivity index is 2.10. The van der Waals surface area contributed by atoms with Gasteiger partial charge in [0.05, 0.1) is 0 Å². The monoisotopic (exact) mass is 225 g/mol. The maximum absolute atomic E-state index is 11.5. The van der Waals surface area contributed by atoms with Crippen molar-refractivity contribution in [1.29, 1.82) is 0 Å². The zero-order chi connectivity index (χ0) is 11.8. The van der Waals surface area contributed by atoms with Crippen LogP contribution < -0.4 is 10.6 Å². The van der Waals surface area contributed by atoms with Gasteiger partial charge in [-0.05, 0) is 13.5 Å². The first-order valence-electron chi connectivity index (χ1n) is 5.56. The number of nitrogens with one attached hydrogen (secondary N) is 3. The molecule has 1 atom stereocenters. The van der Waals surface area contributed by atoms with Crippen molar-refractivity contribution in [3.05, 3.63) is 12.2 Å². The Labute approximate surface area is 95.2 Å². The molecule has 6 heteroatoms. The van der Waals surface area contributed by atoms with Gasteiger partial charge in [0, 0.05) is 25.4 Å². The molecule has 1 heterocycles. The van der Waals surface area contributed by atoms with Gasteiger partial charge in [0.1, 0.15) is 12.2 Å². The van der Waals surface area contributed by atoms with Crippen LogP contribution in [0.2, 0.25) is 0 Å². The van der Waals surface area contributed by atoms with Gasteiger partial charge in [-0.3, -0.25) is 9.89 Å². The lowest BCUT2D eigenvalue weighted by molar-refractivity contribution is -0.121. The Morgan fingerprint density at radius 2 is 2.44 bits per heavy atom.